The van der Waals surface area contributed by atoms with Crippen molar-refractivity contribution < 1.29 is 53.1 Å². The van der Waals surface area contributed by atoms with Crippen molar-refractivity contribution in [1.29, 1.82) is 0 Å². The molecule has 8 atom stereocenters. The van der Waals surface area contributed by atoms with Gasteiger partial charge in [0.1, 0.15) is 42.3 Å². The van der Waals surface area contributed by atoms with Crippen molar-refractivity contribution in [3.63, 3.8) is 0 Å². The topological polar surface area (TPSA) is 325 Å². The minimum Gasteiger partial charge on any atom is -0.480 e. The average Bonchev–Trinajstić information content (AvgIpc) is 3.23. The van der Waals surface area contributed by atoms with Gasteiger partial charge in [0.15, 0.2) is 0 Å². The van der Waals surface area contributed by atoms with Crippen LogP contribution in [0.1, 0.15) is 109 Å². The van der Waals surface area contributed by atoms with Crippen molar-refractivity contribution in [1.82, 2.24) is 47.9 Å². The number of amides is 9. The van der Waals surface area contributed by atoms with Crippen LogP contribution in [0.4, 0.5) is 0 Å². The fourth-order valence-corrected chi connectivity index (χ4v) is 6.97. The molecule has 0 aliphatic heterocycles. The molecule has 0 bridgehead atoms. The number of nitrogens with two attached hydrogens (primary N) is 1. The predicted molar refractivity (Wildman–Crippen MR) is 252 cm³/mol. The van der Waals surface area contributed by atoms with Crippen LogP contribution < -0.4 is 53.6 Å². The highest BCUT2D eigenvalue weighted by Crippen LogP contribution is 2.13. The first-order chi connectivity index (χ1) is 30.7. The Hall–Kier alpha value is -4.99. The number of aliphatic carboxylic acids is 1. The Labute approximate surface area is 394 Å². The maximum Gasteiger partial charge on any atom is 0.326 e. The summed E-state index contributed by atoms with van der Waals surface area (Å²) in [5.74, 6) is -8.57. The summed E-state index contributed by atoms with van der Waals surface area (Å²) >= 11 is 1.45. The summed E-state index contributed by atoms with van der Waals surface area (Å²) in [5.41, 5.74) is 5.45. The second-order valence-electron chi connectivity index (χ2n) is 18.4. The first-order valence-corrected chi connectivity index (χ1v) is 24.2. The Bertz CT molecular complexity index is 1650. The van der Waals surface area contributed by atoms with E-state index in [0.717, 1.165) is 0 Å². The van der Waals surface area contributed by atoms with Gasteiger partial charge >= 0.3 is 5.97 Å². The van der Waals surface area contributed by atoms with Gasteiger partial charge in [0.25, 0.3) is 0 Å². The molecule has 0 aromatic rings. The van der Waals surface area contributed by atoms with Gasteiger partial charge in [-0.3, -0.25) is 43.2 Å². The van der Waals surface area contributed by atoms with Crippen LogP contribution in [0.2, 0.25) is 0 Å². The summed E-state index contributed by atoms with van der Waals surface area (Å²) in [6.45, 7) is 19.5. The van der Waals surface area contributed by atoms with E-state index in [-0.39, 0.29) is 31.2 Å². The molecule has 21 nitrogen and oxygen atoms in total. The molecule has 0 radical (unpaired) electrons. The summed E-state index contributed by atoms with van der Waals surface area (Å²) < 4.78 is 0. The minimum atomic E-state index is -1.23. The average molecular weight is 957 g/mol. The smallest absolute Gasteiger partial charge is 0.326 e. The molecule has 0 aromatic carbocycles. The zero-order valence-electron chi connectivity index (χ0n) is 41.2. The molecule has 22 heteroatoms. The molecule has 0 spiro atoms. The van der Waals surface area contributed by atoms with Crippen LogP contribution in [0.25, 0.3) is 0 Å². The first-order valence-electron chi connectivity index (χ1n) is 22.8. The number of carboxylic acids is 1. The normalized spacial score (nSPS) is 15.0. The van der Waals surface area contributed by atoms with Gasteiger partial charge < -0.3 is 58.7 Å². The Kier molecular flexibility index (Phi) is 28.7. The number of rotatable bonds is 31. The molecular weight excluding hydrogens is 877 g/mol. The van der Waals surface area contributed by atoms with Crippen LogP contribution in [0.3, 0.4) is 0 Å². The summed E-state index contributed by atoms with van der Waals surface area (Å²) in [4.78, 5) is 131. The third-order valence-electron chi connectivity index (χ3n) is 10.5. The van der Waals surface area contributed by atoms with Gasteiger partial charge in [0.2, 0.25) is 53.2 Å². The lowest BCUT2D eigenvalue weighted by molar-refractivity contribution is -0.143. The molecule has 0 saturated heterocycles. The third kappa shape index (κ3) is 23.0. The lowest BCUT2D eigenvalue weighted by atomic mass is 9.97. The van der Waals surface area contributed by atoms with Crippen molar-refractivity contribution in [3.05, 3.63) is 0 Å². The van der Waals surface area contributed by atoms with E-state index in [1.165, 1.54) is 11.8 Å². The van der Waals surface area contributed by atoms with E-state index in [2.05, 4.69) is 47.9 Å². The van der Waals surface area contributed by atoms with Gasteiger partial charge in [-0.15, -0.1) is 0 Å². The molecule has 0 unspecified atom stereocenters. The highest BCUT2D eigenvalue weighted by atomic mass is 32.2. The van der Waals surface area contributed by atoms with E-state index in [1.54, 1.807) is 48.5 Å². The first kappa shape index (κ1) is 61.0. The SMILES string of the molecule is CC[C@H](C)[C@H](NC(=O)[C@H](CCSC)NC(=O)[C@H](CC(C)C)NC(=O)CN)C(=O)NCC(=O)N[C@H](C(=O)N[C@@H](CC(C)C)C(=O)N[C@H](C(=O)NCC(=O)N[C@H](C(=O)O)C(C)C)C(C)C)C(C)C. The van der Waals surface area contributed by atoms with Crippen molar-refractivity contribution in [2.75, 3.05) is 31.6 Å². The molecule has 0 saturated carbocycles. The van der Waals surface area contributed by atoms with Gasteiger partial charge in [-0.1, -0.05) is 89.5 Å². The molecule has 0 rings (SSSR count). The largest absolute Gasteiger partial charge is 0.480 e. The highest BCUT2D eigenvalue weighted by molar-refractivity contribution is 7.98. The molecular formula is C44H80N10O11S. The number of nitrogens with one attached hydrogen (secondary N) is 9. The van der Waals surface area contributed by atoms with Crippen molar-refractivity contribution >= 4 is 70.9 Å². The van der Waals surface area contributed by atoms with Crippen LogP contribution in [0.5, 0.6) is 0 Å². The maximum atomic E-state index is 13.7. The number of hydrogen-bond acceptors (Lipinski definition) is 12. The van der Waals surface area contributed by atoms with Gasteiger partial charge in [-0.05, 0) is 66.8 Å². The third-order valence-corrected chi connectivity index (χ3v) is 11.2. The Morgan fingerprint density at radius 1 is 0.485 bits per heavy atom. The summed E-state index contributed by atoms with van der Waals surface area (Å²) in [5, 5.41) is 32.7. The standard InChI is InChI=1S/C44H80N10O11S/c1-14-27(12)37(54-38(58)28(15-16-66-13)49-39(59)29(17-22(2)3)48-31(55)19-45)42(62)47-20-32(56)51-35(25(8)9)43(63)50-30(18-23(4)5)40(60)53-34(24(6)7)41(61)46-21-33(57)52-36(26(10)11)44(64)65/h22-30,34-37H,14-21,45H2,1-13H3,(H,46,61)(H,47,62)(H,48,55)(H,49,59)(H,50,63)(H,51,56)(H,52,57)(H,53,60)(H,54,58)(H,64,65)/t27-,28-,29-,30-,34-,35-,36-,37-/m0/s1. The zero-order valence-corrected chi connectivity index (χ0v) is 42.0. The molecule has 66 heavy (non-hydrogen) atoms. The number of carbonyl (C=O) groups excluding carboxylic acids is 9. The second-order valence-corrected chi connectivity index (χ2v) is 19.4. The molecule has 0 heterocycles. The number of thioether (sulfide) groups is 1. The molecule has 0 aliphatic rings. The van der Waals surface area contributed by atoms with E-state index in [0.29, 0.717) is 18.6 Å². The van der Waals surface area contributed by atoms with E-state index in [4.69, 9.17) is 5.73 Å². The van der Waals surface area contributed by atoms with Crippen molar-refractivity contribution in [2.24, 2.45) is 41.2 Å². The molecule has 378 valence electrons. The zero-order chi connectivity index (χ0) is 51.0. The van der Waals surface area contributed by atoms with E-state index in [9.17, 15) is 53.1 Å². The van der Waals surface area contributed by atoms with Crippen molar-refractivity contribution in [3.8, 4) is 0 Å². The van der Waals surface area contributed by atoms with Crippen LogP contribution in [-0.4, -0.2) is 138 Å². The van der Waals surface area contributed by atoms with Crippen LogP contribution >= 0.6 is 11.8 Å². The van der Waals surface area contributed by atoms with Gasteiger partial charge in [-0.2, -0.15) is 11.8 Å². The molecule has 0 aromatic heterocycles. The summed E-state index contributed by atoms with van der Waals surface area (Å²) in [6.07, 6.45) is 2.97. The number of carboxylic acid groups (broad SMARTS) is 1. The Balaban J connectivity index is 5.96. The fourth-order valence-electron chi connectivity index (χ4n) is 6.49. The van der Waals surface area contributed by atoms with Crippen LogP contribution in [0, 0.1) is 35.5 Å². The number of carbonyl (C=O) groups is 10. The molecule has 9 amide bonds. The van der Waals surface area contributed by atoms with Gasteiger partial charge in [0, 0.05) is 0 Å². The quantitative estimate of drug-likeness (QED) is 0.0419. The number of hydrogen-bond donors (Lipinski definition) is 11. The van der Waals surface area contributed by atoms with E-state index >= 15 is 0 Å². The minimum absolute atomic E-state index is 0.0273. The Morgan fingerprint density at radius 3 is 1.30 bits per heavy atom. The molecule has 0 aliphatic carbocycles. The Morgan fingerprint density at radius 2 is 0.879 bits per heavy atom. The second kappa shape index (κ2) is 31.1. The summed E-state index contributed by atoms with van der Waals surface area (Å²) in [6, 6.07) is -7.73. The predicted octanol–water partition coefficient (Wildman–Crippen LogP) is -0.485. The van der Waals surface area contributed by atoms with E-state index in [1.807, 2.05) is 40.9 Å². The van der Waals surface area contributed by atoms with Crippen LogP contribution in [0.15, 0.2) is 0 Å². The lowest BCUT2D eigenvalue weighted by Crippen LogP contribution is -2.60. The van der Waals surface area contributed by atoms with Gasteiger partial charge in [0.05, 0.1) is 19.6 Å². The fraction of sp³-hybridized carbons (Fsp3) is 0.773. The van der Waals surface area contributed by atoms with Crippen molar-refractivity contribution in [2.45, 2.75) is 151 Å². The highest BCUT2D eigenvalue weighted by Gasteiger charge is 2.35. The monoisotopic (exact) mass is 957 g/mol. The molecule has 12 N–H and O–H groups in total. The van der Waals surface area contributed by atoms with Crippen LogP contribution in [-0.2, 0) is 47.9 Å². The summed E-state index contributed by atoms with van der Waals surface area (Å²) in [7, 11) is 0. The van der Waals surface area contributed by atoms with E-state index < -0.39 is 138 Å². The lowest BCUT2D eigenvalue weighted by Gasteiger charge is -2.29. The maximum absolute atomic E-state index is 13.7. The van der Waals surface area contributed by atoms with Gasteiger partial charge in [-0.25, -0.2) is 4.79 Å². The molecule has 0 fully saturated rings.